The van der Waals surface area contributed by atoms with E-state index in [2.05, 4.69) is 6.92 Å². The molecule has 4 heteroatoms. The Bertz CT molecular complexity index is 452. The van der Waals surface area contributed by atoms with Crippen molar-refractivity contribution in [3.63, 3.8) is 0 Å². The van der Waals surface area contributed by atoms with Crippen LogP contribution in [-0.4, -0.2) is 35.6 Å². The Morgan fingerprint density at radius 2 is 1.95 bits per heavy atom. The quantitative estimate of drug-likeness (QED) is 0.748. The molecule has 2 rings (SSSR count). The van der Waals surface area contributed by atoms with Crippen molar-refractivity contribution in [2.24, 2.45) is 0 Å². The number of aliphatic hydroxyl groups is 1. The van der Waals surface area contributed by atoms with Crippen molar-refractivity contribution in [2.75, 3.05) is 25.4 Å². The Labute approximate surface area is 120 Å². The van der Waals surface area contributed by atoms with E-state index < -0.39 is 0 Å². The third kappa shape index (κ3) is 2.96. The van der Waals surface area contributed by atoms with Crippen LogP contribution in [0.2, 0.25) is 0 Å². The smallest absolute Gasteiger partial charge is 0.233 e. The highest BCUT2D eigenvalue weighted by atomic mass is 16.3. The lowest BCUT2D eigenvalue weighted by Gasteiger charge is -2.27. The number of carbonyl (C=O) groups is 1. The molecule has 0 aromatic heterocycles. The van der Waals surface area contributed by atoms with E-state index in [0.29, 0.717) is 6.54 Å². The van der Waals surface area contributed by atoms with Gasteiger partial charge in [-0.3, -0.25) is 4.79 Å². The fraction of sp³-hybridized carbons (Fsp3) is 0.562. The van der Waals surface area contributed by atoms with Gasteiger partial charge in [-0.15, -0.1) is 0 Å². The molecule has 0 heterocycles. The van der Waals surface area contributed by atoms with Gasteiger partial charge >= 0.3 is 0 Å². The summed E-state index contributed by atoms with van der Waals surface area (Å²) in [6.45, 7) is 3.28. The largest absolute Gasteiger partial charge is 0.399 e. The fourth-order valence-electron chi connectivity index (χ4n) is 2.64. The van der Waals surface area contributed by atoms with Crippen LogP contribution >= 0.6 is 0 Å². The van der Waals surface area contributed by atoms with Gasteiger partial charge in [0, 0.05) is 18.8 Å². The first kappa shape index (κ1) is 14.9. The first-order valence-corrected chi connectivity index (χ1v) is 7.40. The summed E-state index contributed by atoms with van der Waals surface area (Å²) in [5.41, 5.74) is 7.12. The van der Waals surface area contributed by atoms with Crippen molar-refractivity contribution >= 4 is 11.6 Å². The Balaban J connectivity index is 2.15. The van der Waals surface area contributed by atoms with Gasteiger partial charge in [-0.05, 0) is 37.0 Å². The number of anilines is 1. The van der Waals surface area contributed by atoms with E-state index in [1.165, 1.54) is 0 Å². The lowest BCUT2D eigenvalue weighted by molar-refractivity contribution is -0.134. The molecule has 0 bridgehead atoms. The van der Waals surface area contributed by atoms with Crippen LogP contribution in [0.1, 0.15) is 38.2 Å². The number of benzene rings is 1. The maximum atomic E-state index is 12.8. The second-order valence-corrected chi connectivity index (χ2v) is 5.57. The Morgan fingerprint density at radius 1 is 1.30 bits per heavy atom. The number of nitrogen functional groups attached to an aromatic ring is 1. The van der Waals surface area contributed by atoms with Gasteiger partial charge in [-0.1, -0.05) is 25.5 Å². The van der Waals surface area contributed by atoms with Crippen LogP contribution in [0.5, 0.6) is 0 Å². The number of unbranched alkanes of at least 4 members (excludes halogenated alkanes) is 1. The number of nitrogens with two attached hydrogens (primary N) is 1. The second-order valence-electron chi connectivity index (χ2n) is 5.57. The average Bonchev–Trinajstić information content (AvgIpc) is 3.25. The topological polar surface area (TPSA) is 66.6 Å². The van der Waals surface area contributed by atoms with Gasteiger partial charge in [0.1, 0.15) is 0 Å². The third-order valence-electron chi connectivity index (χ3n) is 4.06. The standard InChI is InChI=1S/C16H24N2O2/c1-2-3-10-18(11-12-19)15(20)16(8-9-16)13-4-6-14(17)7-5-13/h4-7,19H,2-3,8-12,17H2,1H3. The SMILES string of the molecule is CCCCN(CCO)C(=O)C1(c2ccc(N)cc2)CC1. The maximum absolute atomic E-state index is 12.8. The van der Waals surface area contributed by atoms with Gasteiger partial charge in [0.25, 0.3) is 0 Å². The summed E-state index contributed by atoms with van der Waals surface area (Å²) < 4.78 is 0. The van der Waals surface area contributed by atoms with E-state index in [9.17, 15) is 4.79 Å². The van der Waals surface area contributed by atoms with Crippen molar-refractivity contribution in [3.05, 3.63) is 29.8 Å². The molecule has 1 amide bonds. The summed E-state index contributed by atoms with van der Waals surface area (Å²) in [6.07, 6.45) is 3.81. The van der Waals surface area contributed by atoms with Gasteiger partial charge in [0.2, 0.25) is 5.91 Å². The van der Waals surface area contributed by atoms with Gasteiger partial charge in [0.05, 0.1) is 12.0 Å². The second kappa shape index (κ2) is 6.27. The molecular weight excluding hydrogens is 252 g/mol. The van der Waals surface area contributed by atoms with Crippen LogP contribution in [0.3, 0.4) is 0 Å². The molecule has 0 saturated heterocycles. The first-order valence-electron chi connectivity index (χ1n) is 7.40. The molecule has 20 heavy (non-hydrogen) atoms. The zero-order valence-corrected chi connectivity index (χ0v) is 12.1. The maximum Gasteiger partial charge on any atom is 0.233 e. The molecule has 0 unspecified atom stereocenters. The number of amides is 1. The highest BCUT2D eigenvalue weighted by Crippen LogP contribution is 2.49. The van der Waals surface area contributed by atoms with E-state index in [0.717, 1.165) is 43.5 Å². The molecule has 1 aromatic rings. The molecule has 3 N–H and O–H groups in total. The molecule has 4 nitrogen and oxygen atoms in total. The molecule has 1 saturated carbocycles. The minimum Gasteiger partial charge on any atom is -0.399 e. The highest BCUT2D eigenvalue weighted by molar-refractivity contribution is 5.91. The van der Waals surface area contributed by atoms with Crippen molar-refractivity contribution in [2.45, 2.75) is 38.0 Å². The molecule has 0 spiro atoms. The van der Waals surface area contributed by atoms with E-state index >= 15 is 0 Å². The number of hydrogen-bond acceptors (Lipinski definition) is 3. The van der Waals surface area contributed by atoms with Crippen molar-refractivity contribution in [3.8, 4) is 0 Å². The van der Waals surface area contributed by atoms with E-state index in [1.54, 1.807) is 0 Å². The summed E-state index contributed by atoms with van der Waals surface area (Å²) in [6, 6.07) is 7.62. The van der Waals surface area contributed by atoms with Crippen molar-refractivity contribution in [1.82, 2.24) is 4.90 Å². The van der Waals surface area contributed by atoms with Crippen LogP contribution in [0, 0.1) is 0 Å². The number of hydrogen-bond donors (Lipinski definition) is 2. The van der Waals surface area contributed by atoms with Gasteiger partial charge in [-0.2, -0.15) is 0 Å². The summed E-state index contributed by atoms with van der Waals surface area (Å²) in [4.78, 5) is 14.6. The normalized spacial score (nSPS) is 15.9. The number of carbonyl (C=O) groups excluding carboxylic acids is 1. The molecule has 110 valence electrons. The Hall–Kier alpha value is -1.55. The zero-order chi connectivity index (χ0) is 14.6. The number of aliphatic hydroxyl groups excluding tert-OH is 1. The summed E-state index contributed by atoms with van der Waals surface area (Å²) in [7, 11) is 0. The number of rotatable bonds is 7. The summed E-state index contributed by atoms with van der Waals surface area (Å²) in [5, 5.41) is 9.17. The zero-order valence-electron chi connectivity index (χ0n) is 12.1. The summed E-state index contributed by atoms with van der Waals surface area (Å²) in [5.74, 6) is 0.157. The van der Waals surface area contributed by atoms with Gasteiger partial charge in [0.15, 0.2) is 0 Å². The first-order chi connectivity index (χ1) is 9.64. The van der Waals surface area contributed by atoms with Crippen LogP contribution in [-0.2, 0) is 10.2 Å². The molecule has 1 aromatic carbocycles. The van der Waals surface area contributed by atoms with Crippen LogP contribution in [0.4, 0.5) is 5.69 Å². The lowest BCUT2D eigenvalue weighted by atomic mass is 9.94. The molecule has 0 radical (unpaired) electrons. The van der Waals surface area contributed by atoms with Crippen LogP contribution < -0.4 is 5.73 Å². The van der Waals surface area contributed by atoms with Crippen LogP contribution in [0.25, 0.3) is 0 Å². The fourth-order valence-corrected chi connectivity index (χ4v) is 2.64. The van der Waals surface area contributed by atoms with E-state index in [-0.39, 0.29) is 17.9 Å². The molecule has 1 aliphatic carbocycles. The monoisotopic (exact) mass is 276 g/mol. The molecule has 1 fully saturated rings. The Kier molecular flexibility index (Phi) is 4.65. The van der Waals surface area contributed by atoms with Crippen molar-refractivity contribution < 1.29 is 9.90 Å². The van der Waals surface area contributed by atoms with Crippen LogP contribution in [0.15, 0.2) is 24.3 Å². The van der Waals surface area contributed by atoms with Gasteiger partial charge < -0.3 is 15.7 Å². The molecule has 0 atom stereocenters. The average molecular weight is 276 g/mol. The summed E-state index contributed by atoms with van der Waals surface area (Å²) >= 11 is 0. The van der Waals surface area contributed by atoms with Gasteiger partial charge in [-0.25, -0.2) is 0 Å². The minimum atomic E-state index is -0.364. The molecule has 0 aliphatic heterocycles. The number of nitrogens with zero attached hydrogens (tertiary/aromatic N) is 1. The predicted octanol–water partition coefficient (Wildman–Crippen LogP) is 1.92. The Morgan fingerprint density at radius 3 is 2.45 bits per heavy atom. The van der Waals surface area contributed by atoms with E-state index in [1.807, 2.05) is 29.2 Å². The predicted molar refractivity (Wildman–Crippen MR) is 80.3 cm³/mol. The minimum absolute atomic E-state index is 0.0211. The van der Waals surface area contributed by atoms with Crippen molar-refractivity contribution in [1.29, 1.82) is 0 Å². The lowest BCUT2D eigenvalue weighted by Crippen LogP contribution is -2.41. The third-order valence-corrected chi connectivity index (χ3v) is 4.06. The highest BCUT2D eigenvalue weighted by Gasteiger charge is 2.52. The molecular formula is C16H24N2O2. The molecule has 1 aliphatic rings. The van der Waals surface area contributed by atoms with E-state index in [4.69, 9.17) is 10.8 Å².